The van der Waals surface area contributed by atoms with Crippen molar-refractivity contribution >= 4 is 11.5 Å². The molecule has 1 unspecified atom stereocenters. The van der Waals surface area contributed by atoms with E-state index in [1.165, 1.54) is 12.8 Å². The second kappa shape index (κ2) is 7.46. The highest BCUT2D eigenvalue weighted by Crippen LogP contribution is 2.45. The molecule has 0 radical (unpaired) electrons. The van der Waals surface area contributed by atoms with Gasteiger partial charge < -0.3 is 19.3 Å². The lowest BCUT2D eigenvalue weighted by atomic mass is 9.71. The molecule has 142 valence electrons. The summed E-state index contributed by atoms with van der Waals surface area (Å²) >= 11 is 0. The lowest BCUT2D eigenvalue weighted by Crippen LogP contribution is -2.45. The average Bonchev–Trinajstić information content (AvgIpc) is 3.26. The normalized spacial score (nSPS) is 23.3. The van der Waals surface area contributed by atoms with E-state index in [1.807, 2.05) is 19.2 Å². The second-order valence-electron chi connectivity index (χ2n) is 7.55. The molecular weight excluding hydrogens is 332 g/mol. The number of rotatable bonds is 6. The number of fused-ring (bicyclic) bond motifs is 1. The third kappa shape index (κ3) is 3.28. The van der Waals surface area contributed by atoms with Gasteiger partial charge in [-0.1, -0.05) is 0 Å². The van der Waals surface area contributed by atoms with Gasteiger partial charge in [-0.25, -0.2) is 0 Å². The molecule has 0 bridgehead atoms. The topological polar surface area (TPSA) is 68.0 Å². The maximum Gasteiger partial charge on any atom is 0.177 e. The molecule has 4 rings (SSSR count). The van der Waals surface area contributed by atoms with Gasteiger partial charge in [0.1, 0.15) is 12.1 Å². The Hall–Kier alpha value is -1.77. The van der Waals surface area contributed by atoms with Crippen molar-refractivity contribution < 1.29 is 9.47 Å². The van der Waals surface area contributed by atoms with E-state index < -0.39 is 0 Å². The maximum absolute atomic E-state index is 5.56. The molecule has 2 aromatic heterocycles. The molecule has 0 aliphatic carbocycles. The Morgan fingerprint density at radius 3 is 2.81 bits per heavy atom. The fourth-order valence-corrected chi connectivity index (χ4v) is 4.60. The summed E-state index contributed by atoms with van der Waals surface area (Å²) in [6.07, 6.45) is 4.00. The zero-order valence-electron chi connectivity index (χ0n) is 15.7. The van der Waals surface area contributed by atoms with Gasteiger partial charge in [-0.2, -0.15) is 4.52 Å². The van der Waals surface area contributed by atoms with Crippen LogP contribution in [0.25, 0.3) is 5.65 Å². The number of hydrogen-bond donors (Lipinski definition) is 0. The molecule has 0 aromatic carbocycles. The quantitative estimate of drug-likeness (QED) is 0.759. The predicted molar refractivity (Wildman–Crippen MR) is 98.3 cm³/mol. The third-order valence-electron chi connectivity index (χ3n) is 6.09. The van der Waals surface area contributed by atoms with Crippen LogP contribution in [-0.2, 0) is 9.47 Å². The zero-order chi connectivity index (χ0) is 18.0. The van der Waals surface area contributed by atoms with Gasteiger partial charge in [0.2, 0.25) is 0 Å². The minimum atomic E-state index is 0.348. The summed E-state index contributed by atoms with van der Waals surface area (Å²) in [5.74, 6) is 1.60. The Labute approximate surface area is 154 Å². The van der Waals surface area contributed by atoms with Gasteiger partial charge in [0, 0.05) is 52.9 Å². The van der Waals surface area contributed by atoms with Crippen molar-refractivity contribution in [2.75, 3.05) is 65.1 Å². The van der Waals surface area contributed by atoms with Crippen LogP contribution in [0.4, 0.5) is 5.82 Å². The first-order chi connectivity index (χ1) is 12.7. The molecule has 0 saturated carbocycles. The van der Waals surface area contributed by atoms with E-state index in [4.69, 9.17) is 9.47 Å². The lowest BCUT2D eigenvalue weighted by molar-refractivity contribution is 0.0760. The first kappa shape index (κ1) is 17.6. The molecule has 2 saturated heterocycles. The highest BCUT2D eigenvalue weighted by Gasteiger charge is 2.47. The second-order valence-corrected chi connectivity index (χ2v) is 7.55. The summed E-state index contributed by atoms with van der Waals surface area (Å²) in [4.78, 5) is 4.93. The van der Waals surface area contributed by atoms with Gasteiger partial charge in [0.25, 0.3) is 0 Å². The first-order valence-corrected chi connectivity index (χ1v) is 9.36. The Balaban J connectivity index is 1.44. The molecule has 2 fully saturated rings. The molecule has 8 heteroatoms. The Kier molecular flexibility index (Phi) is 5.06. The van der Waals surface area contributed by atoms with Crippen LogP contribution in [0.2, 0.25) is 0 Å². The summed E-state index contributed by atoms with van der Waals surface area (Å²) in [7, 11) is 3.59. The van der Waals surface area contributed by atoms with Crippen LogP contribution in [0.1, 0.15) is 12.8 Å². The van der Waals surface area contributed by atoms with E-state index in [9.17, 15) is 0 Å². The Bertz CT molecular complexity index is 727. The predicted octanol–water partition coefficient (Wildman–Crippen LogP) is 0.936. The smallest absolute Gasteiger partial charge is 0.177 e. The molecule has 2 aromatic rings. The van der Waals surface area contributed by atoms with Crippen LogP contribution in [0.5, 0.6) is 0 Å². The lowest BCUT2D eigenvalue weighted by Gasteiger charge is -2.43. The van der Waals surface area contributed by atoms with Gasteiger partial charge in [-0.05, 0) is 30.4 Å². The molecular formula is C18H28N6O2. The standard InChI is InChI=1S/C18H28N6O2/c1-25-10-9-22-11-15(12-26-2)18(13-22)5-7-23(8-6-18)17-4-3-16-20-19-14-24(16)21-17/h3-4,14-15H,5-13H2,1-2H3. The van der Waals surface area contributed by atoms with Crippen molar-refractivity contribution in [2.45, 2.75) is 12.8 Å². The van der Waals surface area contributed by atoms with Crippen LogP contribution in [0.15, 0.2) is 18.5 Å². The van der Waals surface area contributed by atoms with Crippen LogP contribution < -0.4 is 4.90 Å². The Morgan fingerprint density at radius 1 is 1.19 bits per heavy atom. The fraction of sp³-hybridized carbons (Fsp3) is 0.722. The van der Waals surface area contributed by atoms with Crippen LogP contribution in [-0.4, -0.2) is 84.9 Å². The van der Waals surface area contributed by atoms with Crippen LogP contribution in [0.3, 0.4) is 0 Å². The summed E-state index contributed by atoms with van der Waals surface area (Å²) in [5, 5.41) is 12.6. The average molecular weight is 360 g/mol. The van der Waals surface area contributed by atoms with Gasteiger partial charge in [0.05, 0.1) is 13.2 Å². The zero-order valence-corrected chi connectivity index (χ0v) is 15.7. The molecule has 8 nitrogen and oxygen atoms in total. The molecule has 2 aliphatic rings. The van der Waals surface area contributed by atoms with Crippen molar-refractivity contribution in [3.8, 4) is 0 Å². The van der Waals surface area contributed by atoms with E-state index in [0.29, 0.717) is 11.3 Å². The minimum Gasteiger partial charge on any atom is -0.384 e. The van der Waals surface area contributed by atoms with Gasteiger partial charge in [0.15, 0.2) is 5.65 Å². The fourth-order valence-electron chi connectivity index (χ4n) is 4.60. The molecule has 0 amide bonds. The van der Waals surface area contributed by atoms with Crippen molar-refractivity contribution in [3.63, 3.8) is 0 Å². The summed E-state index contributed by atoms with van der Waals surface area (Å²) in [5.41, 5.74) is 1.13. The number of hydrogen-bond acceptors (Lipinski definition) is 7. The van der Waals surface area contributed by atoms with Crippen molar-refractivity contribution in [2.24, 2.45) is 11.3 Å². The first-order valence-electron chi connectivity index (χ1n) is 9.36. The van der Waals surface area contributed by atoms with E-state index in [-0.39, 0.29) is 0 Å². The number of anilines is 1. The largest absolute Gasteiger partial charge is 0.384 e. The number of methoxy groups -OCH3 is 2. The van der Waals surface area contributed by atoms with Crippen LogP contribution in [0, 0.1) is 11.3 Å². The molecule has 0 N–H and O–H groups in total. The molecule has 4 heterocycles. The summed E-state index contributed by atoms with van der Waals surface area (Å²) in [6.45, 7) is 6.96. The number of piperidine rings is 1. The molecule has 2 aliphatic heterocycles. The van der Waals surface area contributed by atoms with Gasteiger partial charge in [-0.15, -0.1) is 15.3 Å². The Morgan fingerprint density at radius 2 is 2.04 bits per heavy atom. The molecule has 26 heavy (non-hydrogen) atoms. The van der Waals surface area contributed by atoms with Crippen molar-refractivity contribution in [1.29, 1.82) is 0 Å². The highest BCUT2D eigenvalue weighted by atomic mass is 16.5. The molecule has 1 atom stereocenters. The SMILES string of the molecule is COCCN1CC(COC)C2(CCN(c3ccc4nncn4n3)CC2)C1. The highest BCUT2D eigenvalue weighted by molar-refractivity contribution is 5.45. The van der Waals surface area contributed by atoms with Gasteiger partial charge in [-0.3, -0.25) is 0 Å². The number of ether oxygens (including phenoxy) is 2. The summed E-state index contributed by atoms with van der Waals surface area (Å²) < 4.78 is 12.6. The summed E-state index contributed by atoms with van der Waals surface area (Å²) in [6, 6.07) is 4.03. The van der Waals surface area contributed by atoms with Crippen molar-refractivity contribution in [1.82, 2.24) is 24.7 Å². The van der Waals surface area contributed by atoms with Crippen LogP contribution >= 0.6 is 0 Å². The van der Waals surface area contributed by atoms with E-state index in [0.717, 1.165) is 57.4 Å². The van der Waals surface area contributed by atoms with Crippen molar-refractivity contribution in [3.05, 3.63) is 18.5 Å². The number of nitrogens with zero attached hydrogens (tertiary/aromatic N) is 6. The monoisotopic (exact) mass is 360 g/mol. The van der Waals surface area contributed by atoms with E-state index in [2.05, 4.69) is 25.1 Å². The third-order valence-corrected chi connectivity index (χ3v) is 6.09. The molecule has 1 spiro atoms. The number of aromatic nitrogens is 4. The minimum absolute atomic E-state index is 0.348. The van der Waals surface area contributed by atoms with E-state index in [1.54, 1.807) is 18.0 Å². The number of likely N-dealkylation sites (tertiary alicyclic amines) is 1. The van der Waals surface area contributed by atoms with Gasteiger partial charge >= 0.3 is 0 Å². The van der Waals surface area contributed by atoms with E-state index >= 15 is 0 Å². The maximum atomic E-state index is 5.56.